The molecule has 5 heteroatoms. The molecule has 0 aliphatic carbocycles. The van der Waals surface area contributed by atoms with Crippen molar-refractivity contribution in [1.29, 1.82) is 0 Å². The Bertz CT molecular complexity index is 758. The van der Waals surface area contributed by atoms with Gasteiger partial charge in [0.15, 0.2) is 0 Å². The molecule has 1 aromatic heterocycles. The molecule has 0 bridgehead atoms. The van der Waals surface area contributed by atoms with Crippen LogP contribution in [0.15, 0.2) is 65.4 Å². The summed E-state index contributed by atoms with van der Waals surface area (Å²) in [6.45, 7) is 0. The van der Waals surface area contributed by atoms with Crippen LogP contribution < -0.4 is 0 Å². The lowest BCUT2D eigenvalue weighted by molar-refractivity contribution is 0.220. The lowest BCUT2D eigenvalue weighted by Crippen LogP contribution is -1.99. The average molecular weight is 364 g/mol. The molecule has 1 heterocycles. The topological polar surface area (TPSA) is 38.1 Å². The van der Waals surface area contributed by atoms with Crippen LogP contribution >= 0.6 is 27.5 Å². The molecule has 0 amide bonds. The number of aliphatic hydroxyl groups excluding tert-OH is 1. The highest BCUT2D eigenvalue weighted by atomic mass is 79.9. The zero-order chi connectivity index (χ0) is 14.8. The third-order valence-corrected chi connectivity index (χ3v) is 4.03. The van der Waals surface area contributed by atoms with E-state index >= 15 is 0 Å². The van der Waals surface area contributed by atoms with E-state index in [2.05, 4.69) is 21.0 Å². The quantitative estimate of drug-likeness (QED) is 0.750. The summed E-state index contributed by atoms with van der Waals surface area (Å²) >= 11 is 9.55. The van der Waals surface area contributed by atoms with Gasteiger partial charge in [-0.05, 0) is 30.3 Å². The molecule has 0 saturated carbocycles. The van der Waals surface area contributed by atoms with Crippen molar-refractivity contribution in [3.63, 3.8) is 0 Å². The minimum Gasteiger partial charge on any atom is -0.383 e. The first-order chi connectivity index (χ1) is 10.1. The van der Waals surface area contributed by atoms with E-state index in [0.29, 0.717) is 16.1 Å². The highest BCUT2D eigenvalue weighted by Gasteiger charge is 2.16. The Balaban J connectivity index is 1.94. The van der Waals surface area contributed by atoms with Crippen molar-refractivity contribution >= 4 is 27.5 Å². The van der Waals surface area contributed by atoms with Gasteiger partial charge in [0.1, 0.15) is 6.10 Å². The van der Waals surface area contributed by atoms with E-state index < -0.39 is 6.10 Å². The van der Waals surface area contributed by atoms with Crippen LogP contribution in [0.4, 0.5) is 0 Å². The summed E-state index contributed by atoms with van der Waals surface area (Å²) in [6, 6.07) is 15.1. The normalized spacial score (nSPS) is 12.3. The van der Waals surface area contributed by atoms with Crippen LogP contribution in [0.2, 0.25) is 5.02 Å². The van der Waals surface area contributed by atoms with Gasteiger partial charge < -0.3 is 5.11 Å². The fourth-order valence-electron chi connectivity index (χ4n) is 2.10. The zero-order valence-corrected chi connectivity index (χ0v) is 13.3. The van der Waals surface area contributed by atoms with Gasteiger partial charge in [-0.3, -0.25) is 0 Å². The second-order valence-electron chi connectivity index (χ2n) is 4.62. The summed E-state index contributed by atoms with van der Waals surface area (Å²) in [5, 5.41) is 15.3. The highest BCUT2D eigenvalue weighted by molar-refractivity contribution is 9.10. The second kappa shape index (κ2) is 6.02. The van der Waals surface area contributed by atoms with Crippen LogP contribution in [-0.4, -0.2) is 14.9 Å². The summed E-state index contributed by atoms with van der Waals surface area (Å²) < 4.78 is 2.60. The molecule has 3 aromatic rings. The van der Waals surface area contributed by atoms with Gasteiger partial charge in [-0.15, -0.1) is 0 Å². The highest BCUT2D eigenvalue weighted by Crippen LogP contribution is 2.30. The molecule has 0 aliphatic heterocycles. The third kappa shape index (κ3) is 3.02. The van der Waals surface area contributed by atoms with Crippen LogP contribution in [0.1, 0.15) is 17.2 Å². The molecule has 0 radical (unpaired) electrons. The van der Waals surface area contributed by atoms with Crippen LogP contribution in [-0.2, 0) is 0 Å². The predicted molar refractivity (Wildman–Crippen MR) is 86.8 cm³/mol. The minimum atomic E-state index is -0.813. The Kier molecular flexibility index (Phi) is 4.10. The maximum atomic E-state index is 10.5. The maximum absolute atomic E-state index is 10.5. The molecule has 0 spiro atoms. The van der Waals surface area contributed by atoms with E-state index in [4.69, 9.17) is 11.6 Å². The number of hydrogen-bond donors (Lipinski definition) is 1. The summed E-state index contributed by atoms with van der Waals surface area (Å²) in [5.41, 5.74) is 2.29. The van der Waals surface area contributed by atoms with Crippen molar-refractivity contribution in [3.05, 3.63) is 81.5 Å². The number of aliphatic hydroxyl groups is 1. The summed E-state index contributed by atoms with van der Waals surface area (Å²) in [5.74, 6) is 0. The molecule has 1 N–H and O–H groups in total. The summed E-state index contributed by atoms with van der Waals surface area (Å²) in [6.07, 6.45) is 2.64. The Morgan fingerprint density at radius 1 is 1.14 bits per heavy atom. The van der Waals surface area contributed by atoms with Crippen LogP contribution in [0.3, 0.4) is 0 Å². The lowest BCUT2D eigenvalue weighted by atomic mass is 10.0. The smallest absolute Gasteiger partial charge is 0.109 e. The van der Waals surface area contributed by atoms with Crippen molar-refractivity contribution in [2.45, 2.75) is 6.10 Å². The number of hydrogen-bond acceptors (Lipinski definition) is 2. The Morgan fingerprint density at radius 3 is 2.67 bits per heavy atom. The minimum absolute atomic E-state index is 0.526. The van der Waals surface area contributed by atoms with Crippen LogP contribution in [0, 0.1) is 0 Å². The van der Waals surface area contributed by atoms with Gasteiger partial charge in [-0.25, -0.2) is 4.68 Å². The van der Waals surface area contributed by atoms with Gasteiger partial charge in [-0.2, -0.15) is 5.10 Å². The number of nitrogens with zero attached hydrogens (tertiary/aromatic N) is 2. The van der Waals surface area contributed by atoms with Gasteiger partial charge >= 0.3 is 0 Å². The number of para-hydroxylation sites is 1. The lowest BCUT2D eigenvalue weighted by Gasteiger charge is -2.11. The van der Waals surface area contributed by atoms with Gasteiger partial charge in [0.05, 0.1) is 11.9 Å². The van der Waals surface area contributed by atoms with Crippen molar-refractivity contribution in [1.82, 2.24) is 9.78 Å². The van der Waals surface area contributed by atoms with Crippen molar-refractivity contribution < 1.29 is 5.11 Å². The first-order valence-corrected chi connectivity index (χ1v) is 7.55. The summed E-state index contributed by atoms with van der Waals surface area (Å²) in [7, 11) is 0. The van der Waals surface area contributed by atoms with Crippen molar-refractivity contribution in [2.24, 2.45) is 0 Å². The van der Waals surface area contributed by atoms with E-state index in [1.54, 1.807) is 23.1 Å². The molecule has 3 nitrogen and oxygen atoms in total. The number of rotatable bonds is 3. The predicted octanol–water partition coefficient (Wildman–Crippen LogP) is 4.37. The maximum Gasteiger partial charge on any atom is 0.109 e. The second-order valence-corrected chi connectivity index (χ2v) is 5.95. The summed E-state index contributed by atoms with van der Waals surface area (Å²) in [4.78, 5) is 0. The Hall–Kier alpha value is -1.62. The van der Waals surface area contributed by atoms with Crippen LogP contribution in [0.25, 0.3) is 5.69 Å². The molecule has 0 aliphatic rings. The fraction of sp³-hybridized carbons (Fsp3) is 0.0625. The first-order valence-electron chi connectivity index (χ1n) is 6.38. The van der Waals surface area contributed by atoms with E-state index in [9.17, 15) is 5.11 Å². The molecule has 3 rings (SSSR count). The fourth-order valence-corrected chi connectivity index (χ4v) is 2.70. The largest absolute Gasteiger partial charge is 0.383 e. The molecular formula is C16H12BrClN2O. The molecule has 1 atom stereocenters. The zero-order valence-electron chi connectivity index (χ0n) is 10.9. The number of benzene rings is 2. The number of aromatic nitrogens is 2. The van der Waals surface area contributed by atoms with Crippen LogP contribution in [0.5, 0.6) is 0 Å². The third-order valence-electron chi connectivity index (χ3n) is 3.19. The number of halogens is 2. The van der Waals surface area contributed by atoms with E-state index in [0.717, 1.165) is 10.2 Å². The molecule has 21 heavy (non-hydrogen) atoms. The van der Waals surface area contributed by atoms with Crippen molar-refractivity contribution in [2.75, 3.05) is 0 Å². The van der Waals surface area contributed by atoms with Gasteiger partial charge in [-0.1, -0.05) is 45.7 Å². The molecule has 0 saturated heterocycles. The molecule has 2 aromatic carbocycles. The van der Waals surface area contributed by atoms with Gasteiger partial charge in [0, 0.05) is 26.8 Å². The van der Waals surface area contributed by atoms with Gasteiger partial charge in [0.25, 0.3) is 0 Å². The van der Waals surface area contributed by atoms with E-state index in [1.165, 1.54) is 0 Å². The average Bonchev–Trinajstić information content (AvgIpc) is 3.00. The van der Waals surface area contributed by atoms with E-state index in [1.807, 2.05) is 42.5 Å². The first kappa shape index (κ1) is 14.3. The monoisotopic (exact) mass is 362 g/mol. The Labute approximate surface area is 135 Å². The molecule has 0 unspecified atom stereocenters. The Morgan fingerprint density at radius 2 is 1.90 bits per heavy atom. The van der Waals surface area contributed by atoms with Gasteiger partial charge in [0.2, 0.25) is 0 Å². The molecule has 0 fully saturated rings. The van der Waals surface area contributed by atoms with Crippen molar-refractivity contribution in [3.8, 4) is 5.69 Å². The standard InChI is InChI=1S/C16H12BrClN2O/c17-12-6-7-15(18)14(8-12)16(21)11-9-19-20(10-11)13-4-2-1-3-5-13/h1-10,16,21H/t16-/m1/s1. The molecule has 106 valence electrons. The SMILES string of the molecule is O[C@H](c1cnn(-c2ccccc2)c1)c1cc(Br)ccc1Cl. The molecular weight excluding hydrogens is 352 g/mol. The van der Waals surface area contributed by atoms with E-state index in [-0.39, 0.29) is 0 Å².